The molecular formula is C12H19N3S. The summed E-state index contributed by atoms with van der Waals surface area (Å²) in [7, 11) is 2.01. The van der Waals surface area contributed by atoms with Crippen molar-refractivity contribution in [1.29, 1.82) is 0 Å². The Balaban J connectivity index is 2.28. The summed E-state index contributed by atoms with van der Waals surface area (Å²) < 4.78 is 0. The summed E-state index contributed by atoms with van der Waals surface area (Å²) in [6, 6.07) is 2.49. The lowest BCUT2D eigenvalue weighted by Crippen LogP contribution is -2.27. The molecule has 1 aliphatic rings. The van der Waals surface area contributed by atoms with E-state index in [1.165, 1.54) is 24.2 Å². The summed E-state index contributed by atoms with van der Waals surface area (Å²) in [6.45, 7) is 2.06. The first-order valence-electron chi connectivity index (χ1n) is 5.73. The molecule has 1 aromatic heterocycles. The highest BCUT2D eigenvalue weighted by Crippen LogP contribution is 2.37. The highest BCUT2D eigenvalue weighted by molar-refractivity contribution is 8.00. The summed E-state index contributed by atoms with van der Waals surface area (Å²) >= 11 is 2.04. The van der Waals surface area contributed by atoms with Crippen LogP contribution in [-0.4, -0.2) is 23.0 Å². The van der Waals surface area contributed by atoms with Crippen molar-refractivity contribution in [3.63, 3.8) is 0 Å². The van der Waals surface area contributed by atoms with Gasteiger partial charge in [0.25, 0.3) is 0 Å². The Hall–Kier alpha value is -0.740. The van der Waals surface area contributed by atoms with Crippen molar-refractivity contribution >= 4 is 17.6 Å². The molecule has 16 heavy (non-hydrogen) atoms. The second kappa shape index (κ2) is 5.06. The minimum absolute atomic E-state index is 0.333. The van der Waals surface area contributed by atoms with Crippen LogP contribution in [0.5, 0.6) is 0 Å². The molecule has 0 radical (unpaired) electrons. The smallest absolute Gasteiger partial charge is 0.128 e. The normalized spacial score (nSPS) is 22.2. The molecule has 4 heteroatoms. The van der Waals surface area contributed by atoms with E-state index in [1.54, 1.807) is 0 Å². The number of hydrogen-bond acceptors (Lipinski definition) is 4. The van der Waals surface area contributed by atoms with E-state index in [9.17, 15) is 0 Å². The van der Waals surface area contributed by atoms with Gasteiger partial charge < -0.3 is 11.1 Å². The molecule has 3 N–H and O–H groups in total. The van der Waals surface area contributed by atoms with Crippen LogP contribution >= 0.6 is 11.8 Å². The second-order valence-corrected chi connectivity index (χ2v) is 5.65. The van der Waals surface area contributed by atoms with Crippen LogP contribution in [0, 0.1) is 6.92 Å². The minimum Gasteiger partial charge on any atom is -0.383 e. The number of pyridine rings is 1. The van der Waals surface area contributed by atoms with Gasteiger partial charge in [-0.2, -0.15) is 11.8 Å². The van der Waals surface area contributed by atoms with Gasteiger partial charge in [-0.1, -0.05) is 0 Å². The zero-order valence-electron chi connectivity index (χ0n) is 9.86. The summed E-state index contributed by atoms with van der Waals surface area (Å²) in [6.07, 6.45) is 4.41. The highest BCUT2D eigenvalue weighted by Gasteiger charge is 2.27. The van der Waals surface area contributed by atoms with E-state index in [-0.39, 0.29) is 0 Å². The standard InChI is InChI=1S/C12H19N3S/c1-8-6-9(12(13)15-7-8)11(14-2)10-4-3-5-16-10/h6-7,10-11,14H,3-5H2,1-2H3,(H2,13,15). The van der Waals surface area contributed by atoms with Crippen molar-refractivity contribution in [2.45, 2.75) is 31.1 Å². The number of thioether (sulfide) groups is 1. The third-order valence-corrected chi connectivity index (χ3v) is 4.53. The number of hydrogen-bond donors (Lipinski definition) is 2. The first kappa shape index (κ1) is 11.7. The molecule has 0 amide bonds. The monoisotopic (exact) mass is 237 g/mol. The Kier molecular flexibility index (Phi) is 3.71. The zero-order valence-corrected chi connectivity index (χ0v) is 10.7. The molecule has 1 saturated heterocycles. The molecule has 2 heterocycles. The topological polar surface area (TPSA) is 50.9 Å². The number of aryl methyl sites for hydroxylation is 1. The van der Waals surface area contributed by atoms with E-state index in [4.69, 9.17) is 5.73 Å². The average molecular weight is 237 g/mol. The summed E-state index contributed by atoms with van der Waals surface area (Å²) in [4.78, 5) is 4.25. The van der Waals surface area contributed by atoms with Crippen molar-refractivity contribution in [2.24, 2.45) is 0 Å². The van der Waals surface area contributed by atoms with E-state index in [0.717, 1.165) is 5.56 Å². The van der Waals surface area contributed by atoms with E-state index < -0.39 is 0 Å². The highest BCUT2D eigenvalue weighted by atomic mass is 32.2. The number of nitrogens with zero attached hydrogens (tertiary/aromatic N) is 1. The molecule has 3 nitrogen and oxygen atoms in total. The molecule has 2 atom stereocenters. The Labute approximate surface area is 101 Å². The van der Waals surface area contributed by atoms with Gasteiger partial charge in [-0.05, 0) is 44.2 Å². The molecule has 1 aromatic rings. The van der Waals surface area contributed by atoms with Gasteiger partial charge in [0.1, 0.15) is 5.82 Å². The van der Waals surface area contributed by atoms with Crippen LogP contribution in [0.15, 0.2) is 12.3 Å². The van der Waals surface area contributed by atoms with Crippen LogP contribution in [0.3, 0.4) is 0 Å². The van der Waals surface area contributed by atoms with Crippen molar-refractivity contribution in [3.05, 3.63) is 23.4 Å². The number of nitrogens with one attached hydrogen (secondary N) is 1. The maximum Gasteiger partial charge on any atom is 0.128 e. The Bertz CT molecular complexity index is 361. The fourth-order valence-electron chi connectivity index (χ4n) is 2.26. The average Bonchev–Trinajstić information content (AvgIpc) is 2.78. The van der Waals surface area contributed by atoms with Gasteiger partial charge in [0, 0.05) is 23.1 Å². The third-order valence-electron chi connectivity index (χ3n) is 3.07. The number of nitrogen functional groups attached to an aromatic ring is 1. The Morgan fingerprint density at radius 2 is 2.44 bits per heavy atom. The van der Waals surface area contributed by atoms with Gasteiger partial charge in [0.05, 0.1) is 0 Å². The van der Waals surface area contributed by atoms with Crippen LogP contribution in [0.25, 0.3) is 0 Å². The van der Waals surface area contributed by atoms with Gasteiger partial charge in [-0.3, -0.25) is 0 Å². The number of anilines is 1. The van der Waals surface area contributed by atoms with Gasteiger partial charge in [0.15, 0.2) is 0 Å². The quantitative estimate of drug-likeness (QED) is 0.845. The molecule has 0 aromatic carbocycles. The van der Waals surface area contributed by atoms with Crippen molar-refractivity contribution in [1.82, 2.24) is 10.3 Å². The van der Waals surface area contributed by atoms with Gasteiger partial charge in [-0.15, -0.1) is 0 Å². The molecule has 2 unspecified atom stereocenters. The summed E-state index contributed by atoms with van der Waals surface area (Å²) in [5.41, 5.74) is 8.30. The first-order chi connectivity index (χ1) is 7.72. The Morgan fingerprint density at radius 1 is 1.62 bits per heavy atom. The lowest BCUT2D eigenvalue weighted by molar-refractivity contribution is 0.552. The summed E-state index contributed by atoms with van der Waals surface area (Å²) in [5, 5.41) is 4.02. The second-order valence-electron chi connectivity index (χ2n) is 4.30. The molecule has 88 valence electrons. The molecule has 0 bridgehead atoms. The number of rotatable bonds is 3. The SMILES string of the molecule is CNC(c1cc(C)cnc1N)C1CCCS1. The van der Waals surface area contributed by atoms with E-state index in [0.29, 0.717) is 17.1 Å². The lowest BCUT2D eigenvalue weighted by Gasteiger charge is -2.23. The zero-order chi connectivity index (χ0) is 11.5. The van der Waals surface area contributed by atoms with E-state index in [1.807, 2.05) is 25.0 Å². The largest absolute Gasteiger partial charge is 0.383 e. The third kappa shape index (κ3) is 2.33. The molecule has 2 rings (SSSR count). The maximum atomic E-state index is 5.97. The van der Waals surface area contributed by atoms with E-state index >= 15 is 0 Å². The van der Waals surface area contributed by atoms with Crippen LogP contribution in [0.2, 0.25) is 0 Å². The molecule has 0 aliphatic carbocycles. The van der Waals surface area contributed by atoms with Crippen LogP contribution < -0.4 is 11.1 Å². The van der Waals surface area contributed by atoms with Crippen LogP contribution in [0.1, 0.15) is 30.0 Å². The van der Waals surface area contributed by atoms with E-state index in [2.05, 4.69) is 23.3 Å². The van der Waals surface area contributed by atoms with Gasteiger partial charge in [0.2, 0.25) is 0 Å². The first-order valence-corrected chi connectivity index (χ1v) is 6.78. The molecule has 0 saturated carbocycles. The molecule has 1 fully saturated rings. The fraction of sp³-hybridized carbons (Fsp3) is 0.583. The van der Waals surface area contributed by atoms with Crippen LogP contribution in [0.4, 0.5) is 5.82 Å². The maximum absolute atomic E-state index is 5.97. The molecule has 1 aliphatic heterocycles. The van der Waals surface area contributed by atoms with Gasteiger partial charge >= 0.3 is 0 Å². The lowest BCUT2D eigenvalue weighted by atomic mass is 10.0. The predicted octanol–water partition coefficient (Wildman–Crippen LogP) is 2.13. The fourth-order valence-corrected chi connectivity index (χ4v) is 3.70. The van der Waals surface area contributed by atoms with Gasteiger partial charge in [-0.25, -0.2) is 4.98 Å². The molecule has 0 spiro atoms. The Morgan fingerprint density at radius 3 is 3.06 bits per heavy atom. The predicted molar refractivity (Wildman–Crippen MR) is 70.7 cm³/mol. The van der Waals surface area contributed by atoms with Crippen LogP contribution in [-0.2, 0) is 0 Å². The number of aromatic nitrogens is 1. The number of nitrogens with two attached hydrogens (primary N) is 1. The minimum atomic E-state index is 0.333. The summed E-state index contributed by atoms with van der Waals surface area (Å²) in [5.74, 6) is 1.93. The van der Waals surface area contributed by atoms with Crippen molar-refractivity contribution < 1.29 is 0 Å². The van der Waals surface area contributed by atoms with Crippen molar-refractivity contribution in [3.8, 4) is 0 Å². The molecular weight excluding hydrogens is 218 g/mol. The van der Waals surface area contributed by atoms with Crippen molar-refractivity contribution in [2.75, 3.05) is 18.5 Å².